The molecule has 1 fully saturated rings. The molecular weight excluding hydrogens is 246 g/mol. The van der Waals surface area contributed by atoms with E-state index in [1.54, 1.807) is 12.1 Å². The Morgan fingerprint density at radius 1 is 1.32 bits per heavy atom. The van der Waals surface area contributed by atoms with Crippen LogP contribution in [-0.2, 0) is 20.7 Å². The van der Waals surface area contributed by atoms with Gasteiger partial charge in [-0.15, -0.1) is 0 Å². The van der Waals surface area contributed by atoms with Gasteiger partial charge in [0.25, 0.3) is 5.91 Å². The molecule has 2 rings (SSSR count). The molecule has 5 nitrogen and oxygen atoms in total. The Labute approximate surface area is 111 Å². The zero-order chi connectivity index (χ0) is 13.7. The van der Waals surface area contributed by atoms with Crippen LogP contribution in [0.5, 0.6) is 0 Å². The van der Waals surface area contributed by atoms with Crippen molar-refractivity contribution in [3.63, 3.8) is 0 Å². The lowest BCUT2D eigenvalue weighted by molar-refractivity contribution is -0.137. The fraction of sp³-hybridized carbons (Fsp3) is 0.429. The topological polar surface area (TPSA) is 75.6 Å². The van der Waals surface area contributed by atoms with Gasteiger partial charge >= 0.3 is 5.97 Å². The Morgan fingerprint density at radius 2 is 2.05 bits per heavy atom. The Hall–Kier alpha value is -1.88. The Balaban J connectivity index is 1.87. The van der Waals surface area contributed by atoms with Gasteiger partial charge in [0.1, 0.15) is 6.10 Å². The van der Waals surface area contributed by atoms with Gasteiger partial charge in [0.15, 0.2) is 0 Å². The van der Waals surface area contributed by atoms with E-state index in [2.05, 4.69) is 5.32 Å². The van der Waals surface area contributed by atoms with Gasteiger partial charge in [-0.25, -0.2) is 0 Å². The van der Waals surface area contributed by atoms with Gasteiger partial charge in [0, 0.05) is 18.7 Å². The highest BCUT2D eigenvalue weighted by molar-refractivity contribution is 5.94. The Morgan fingerprint density at radius 3 is 2.63 bits per heavy atom. The van der Waals surface area contributed by atoms with E-state index in [-0.39, 0.29) is 18.4 Å². The third kappa shape index (κ3) is 4.06. The predicted octanol–water partition coefficient (Wildman–Crippen LogP) is 1.82. The molecule has 1 aromatic carbocycles. The number of nitrogens with one attached hydrogen (secondary N) is 1. The number of ether oxygens (including phenoxy) is 1. The standard InChI is InChI=1S/C14H17NO4/c16-13(17)8-5-10-3-6-11(7-4-10)15-14(18)12-2-1-9-19-12/h3-4,6-7,12H,1-2,5,8-9H2,(H,15,18)(H,16,17). The molecule has 1 heterocycles. The SMILES string of the molecule is O=C(O)CCc1ccc(NC(=O)C2CCCO2)cc1. The number of carboxylic acids is 1. The average molecular weight is 263 g/mol. The maximum Gasteiger partial charge on any atom is 0.303 e. The van der Waals surface area contributed by atoms with Gasteiger partial charge in [0.05, 0.1) is 0 Å². The zero-order valence-electron chi connectivity index (χ0n) is 10.6. The Bertz CT molecular complexity index is 449. The van der Waals surface area contributed by atoms with Gasteiger partial charge < -0.3 is 15.2 Å². The molecular formula is C14H17NO4. The van der Waals surface area contributed by atoms with E-state index in [1.807, 2.05) is 12.1 Å². The second-order valence-corrected chi connectivity index (χ2v) is 4.58. The summed E-state index contributed by atoms with van der Waals surface area (Å²) in [4.78, 5) is 22.3. The molecule has 1 atom stereocenters. The molecule has 102 valence electrons. The first kappa shape index (κ1) is 13.5. The first-order chi connectivity index (χ1) is 9.15. The molecule has 2 N–H and O–H groups in total. The average Bonchev–Trinajstić information content (AvgIpc) is 2.92. The smallest absolute Gasteiger partial charge is 0.303 e. The van der Waals surface area contributed by atoms with Crippen molar-refractivity contribution in [2.24, 2.45) is 0 Å². The fourth-order valence-electron chi connectivity index (χ4n) is 2.01. The summed E-state index contributed by atoms with van der Waals surface area (Å²) in [6, 6.07) is 7.22. The summed E-state index contributed by atoms with van der Waals surface area (Å²) in [5.41, 5.74) is 1.65. The molecule has 0 radical (unpaired) electrons. The van der Waals surface area contributed by atoms with Crippen molar-refractivity contribution in [1.29, 1.82) is 0 Å². The summed E-state index contributed by atoms with van der Waals surface area (Å²) in [6.07, 6.45) is 1.96. The van der Waals surface area contributed by atoms with E-state index < -0.39 is 5.97 Å². The fourth-order valence-corrected chi connectivity index (χ4v) is 2.01. The number of carbonyl (C=O) groups excluding carboxylic acids is 1. The number of carbonyl (C=O) groups is 2. The number of benzene rings is 1. The number of rotatable bonds is 5. The normalized spacial score (nSPS) is 18.2. The second kappa shape index (κ2) is 6.33. The summed E-state index contributed by atoms with van der Waals surface area (Å²) >= 11 is 0. The van der Waals surface area contributed by atoms with E-state index in [1.165, 1.54) is 0 Å². The van der Waals surface area contributed by atoms with E-state index in [4.69, 9.17) is 9.84 Å². The molecule has 0 aromatic heterocycles. The van der Waals surface area contributed by atoms with E-state index >= 15 is 0 Å². The van der Waals surface area contributed by atoms with Gasteiger partial charge in [0.2, 0.25) is 0 Å². The lowest BCUT2D eigenvalue weighted by Crippen LogP contribution is -2.26. The van der Waals surface area contributed by atoms with Crippen molar-refractivity contribution in [3.05, 3.63) is 29.8 Å². The molecule has 1 unspecified atom stereocenters. The number of carboxylic acid groups (broad SMARTS) is 1. The molecule has 0 aliphatic carbocycles. The summed E-state index contributed by atoms with van der Waals surface area (Å²) in [7, 11) is 0. The Kier molecular flexibility index (Phi) is 4.52. The number of anilines is 1. The van der Waals surface area contributed by atoms with Crippen LogP contribution in [0, 0.1) is 0 Å². The summed E-state index contributed by atoms with van der Waals surface area (Å²) in [6.45, 7) is 0.645. The van der Waals surface area contributed by atoms with Crippen LogP contribution in [0.1, 0.15) is 24.8 Å². The molecule has 0 saturated carbocycles. The van der Waals surface area contributed by atoms with Crippen LogP contribution in [0.4, 0.5) is 5.69 Å². The minimum absolute atomic E-state index is 0.113. The highest BCUT2D eigenvalue weighted by Gasteiger charge is 2.23. The lowest BCUT2D eigenvalue weighted by atomic mass is 10.1. The van der Waals surface area contributed by atoms with Crippen LogP contribution in [0.15, 0.2) is 24.3 Å². The molecule has 0 bridgehead atoms. The minimum atomic E-state index is -0.809. The van der Waals surface area contributed by atoms with Gasteiger partial charge in [-0.1, -0.05) is 12.1 Å². The largest absolute Gasteiger partial charge is 0.481 e. The molecule has 5 heteroatoms. The van der Waals surface area contributed by atoms with Gasteiger partial charge in [-0.05, 0) is 37.0 Å². The van der Waals surface area contributed by atoms with Gasteiger partial charge in [-0.2, -0.15) is 0 Å². The number of hydrogen-bond donors (Lipinski definition) is 2. The molecule has 1 saturated heterocycles. The summed E-state index contributed by atoms with van der Waals surface area (Å²) in [5, 5.41) is 11.4. The van der Waals surface area contributed by atoms with Gasteiger partial charge in [-0.3, -0.25) is 9.59 Å². The van der Waals surface area contributed by atoms with E-state index in [9.17, 15) is 9.59 Å². The lowest BCUT2D eigenvalue weighted by Gasteiger charge is -2.10. The monoisotopic (exact) mass is 263 g/mol. The minimum Gasteiger partial charge on any atom is -0.481 e. The van der Waals surface area contributed by atoms with Crippen molar-refractivity contribution in [3.8, 4) is 0 Å². The summed E-state index contributed by atoms with van der Waals surface area (Å²) < 4.78 is 5.30. The molecule has 1 aliphatic heterocycles. The van der Waals surface area contributed by atoms with Crippen LogP contribution in [0.3, 0.4) is 0 Å². The van der Waals surface area contributed by atoms with Crippen LogP contribution in [-0.4, -0.2) is 29.7 Å². The first-order valence-corrected chi connectivity index (χ1v) is 6.38. The highest BCUT2D eigenvalue weighted by Crippen LogP contribution is 2.16. The van der Waals surface area contributed by atoms with Crippen molar-refractivity contribution in [2.45, 2.75) is 31.8 Å². The summed E-state index contributed by atoms with van der Waals surface area (Å²) in [5.74, 6) is -0.924. The molecule has 1 amide bonds. The van der Waals surface area contributed by atoms with Crippen molar-refractivity contribution in [2.75, 3.05) is 11.9 Å². The molecule has 1 aliphatic rings. The number of aryl methyl sites for hydroxylation is 1. The van der Waals surface area contributed by atoms with Crippen molar-refractivity contribution < 1.29 is 19.4 Å². The van der Waals surface area contributed by atoms with Crippen molar-refractivity contribution >= 4 is 17.6 Å². The van der Waals surface area contributed by atoms with Crippen LogP contribution in [0.25, 0.3) is 0 Å². The van der Waals surface area contributed by atoms with Crippen LogP contribution < -0.4 is 5.32 Å². The van der Waals surface area contributed by atoms with E-state index in [0.717, 1.165) is 18.4 Å². The maximum atomic E-state index is 11.8. The van der Waals surface area contributed by atoms with Crippen molar-refractivity contribution in [1.82, 2.24) is 0 Å². The number of amides is 1. The van der Waals surface area contributed by atoms with Crippen LogP contribution in [0.2, 0.25) is 0 Å². The van der Waals surface area contributed by atoms with Crippen LogP contribution >= 0.6 is 0 Å². The van der Waals surface area contributed by atoms with E-state index in [0.29, 0.717) is 18.7 Å². The molecule has 19 heavy (non-hydrogen) atoms. The molecule has 1 aromatic rings. The third-order valence-corrected chi connectivity index (χ3v) is 3.07. The predicted molar refractivity (Wildman–Crippen MR) is 70.0 cm³/mol. The quantitative estimate of drug-likeness (QED) is 0.849. The number of hydrogen-bond acceptors (Lipinski definition) is 3. The third-order valence-electron chi connectivity index (χ3n) is 3.07. The zero-order valence-corrected chi connectivity index (χ0v) is 10.6. The second-order valence-electron chi connectivity index (χ2n) is 4.58. The number of aliphatic carboxylic acids is 1. The highest BCUT2D eigenvalue weighted by atomic mass is 16.5. The molecule has 0 spiro atoms. The first-order valence-electron chi connectivity index (χ1n) is 6.38. The maximum absolute atomic E-state index is 11.8.